The molecule has 0 saturated heterocycles. The Morgan fingerprint density at radius 2 is 1.50 bits per heavy atom. The number of hydrogen-bond donors (Lipinski definition) is 1. The maximum absolute atomic E-state index is 3.27. The second-order valence-electron chi connectivity index (χ2n) is 6.34. The van der Waals surface area contributed by atoms with Crippen LogP contribution in [-0.4, -0.2) is 13.6 Å². The lowest BCUT2D eigenvalue weighted by Crippen LogP contribution is -2.29. The zero-order chi connectivity index (χ0) is 11.4. The van der Waals surface area contributed by atoms with E-state index < -0.39 is 0 Å². The molecule has 1 N–H and O–H groups in total. The summed E-state index contributed by atoms with van der Waals surface area (Å²) < 4.78 is 0. The molecule has 0 atom stereocenters. The lowest BCUT2D eigenvalue weighted by molar-refractivity contribution is 0.181. The van der Waals surface area contributed by atoms with Gasteiger partial charge in [0.15, 0.2) is 0 Å². The van der Waals surface area contributed by atoms with Gasteiger partial charge in [0, 0.05) is 0 Å². The molecule has 0 aromatic heterocycles. The van der Waals surface area contributed by atoms with Gasteiger partial charge in [-0.25, -0.2) is 0 Å². The minimum atomic E-state index is 0.431. The first-order valence-corrected chi connectivity index (χ1v) is 5.86. The van der Waals surface area contributed by atoms with E-state index in [9.17, 15) is 0 Å². The van der Waals surface area contributed by atoms with Crippen molar-refractivity contribution in [1.82, 2.24) is 5.32 Å². The van der Waals surface area contributed by atoms with Crippen molar-refractivity contribution in [3.05, 3.63) is 0 Å². The average molecular weight is 199 g/mol. The van der Waals surface area contributed by atoms with Gasteiger partial charge in [-0.2, -0.15) is 0 Å². The molecule has 0 radical (unpaired) electrons. The molecular formula is C13H29N. The van der Waals surface area contributed by atoms with Gasteiger partial charge in [-0.05, 0) is 43.2 Å². The Kier molecular flexibility index (Phi) is 5.14. The van der Waals surface area contributed by atoms with Crippen LogP contribution >= 0.6 is 0 Å². The summed E-state index contributed by atoms with van der Waals surface area (Å²) >= 11 is 0. The summed E-state index contributed by atoms with van der Waals surface area (Å²) in [5, 5.41) is 3.27. The molecule has 0 rings (SSSR count). The van der Waals surface area contributed by atoms with Gasteiger partial charge >= 0.3 is 0 Å². The van der Waals surface area contributed by atoms with Crippen LogP contribution in [0.15, 0.2) is 0 Å². The molecule has 0 amide bonds. The normalized spacial score (nSPS) is 13.7. The highest BCUT2D eigenvalue weighted by molar-refractivity contribution is 4.78. The Hall–Kier alpha value is -0.0400. The zero-order valence-electron chi connectivity index (χ0n) is 11.2. The Morgan fingerprint density at radius 1 is 1.00 bits per heavy atom. The summed E-state index contributed by atoms with van der Waals surface area (Å²) in [5.41, 5.74) is 0.909. The minimum Gasteiger partial charge on any atom is -0.319 e. The predicted octanol–water partition coefficient (Wildman–Crippen LogP) is 3.69. The lowest BCUT2D eigenvalue weighted by atomic mass is 9.73. The fraction of sp³-hybridized carbons (Fsp3) is 1.00. The third kappa shape index (κ3) is 4.99. The molecular weight excluding hydrogens is 170 g/mol. The van der Waals surface area contributed by atoms with E-state index in [4.69, 9.17) is 0 Å². The highest BCUT2D eigenvalue weighted by atomic mass is 14.8. The van der Waals surface area contributed by atoms with Gasteiger partial charge in [-0.15, -0.1) is 0 Å². The van der Waals surface area contributed by atoms with E-state index in [0.717, 1.165) is 12.5 Å². The van der Waals surface area contributed by atoms with Crippen LogP contribution in [0.4, 0.5) is 0 Å². The van der Waals surface area contributed by atoms with E-state index in [1.165, 1.54) is 12.8 Å². The summed E-state index contributed by atoms with van der Waals surface area (Å²) in [5.74, 6) is 0.771. The molecule has 0 aliphatic carbocycles. The van der Waals surface area contributed by atoms with E-state index in [0.29, 0.717) is 10.8 Å². The Bertz CT molecular complexity index is 157. The minimum absolute atomic E-state index is 0.431. The maximum atomic E-state index is 3.27. The van der Waals surface area contributed by atoms with Gasteiger partial charge in [0.2, 0.25) is 0 Å². The predicted molar refractivity (Wildman–Crippen MR) is 65.6 cm³/mol. The lowest BCUT2D eigenvalue weighted by Gasteiger charge is -2.34. The van der Waals surface area contributed by atoms with Crippen LogP contribution in [0.3, 0.4) is 0 Å². The monoisotopic (exact) mass is 199 g/mol. The Labute approximate surface area is 90.7 Å². The van der Waals surface area contributed by atoms with Crippen LogP contribution in [0.5, 0.6) is 0 Å². The van der Waals surface area contributed by atoms with Crippen molar-refractivity contribution in [2.24, 2.45) is 16.7 Å². The van der Waals surface area contributed by atoms with Crippen molar-refractivity contribution in [3.63, 3.8) is 0 Å². The maximum Gasteiger partial charge on any atom is -0.0000484 e. The van der Waals surface area contributed by atoms with Crippen molar-refractivity contribution in [1.29, 1.82) is 0 Å². The molecule has 0 aliphatic heterocycles. The Morgan fingerprint density at radius 3 is 1.86 bits per heavy atom. The van der Waals surface area contributed by atoms with Crippen molar-refractivity contribution < 1.29 is 0 Å². The van der Waals surface area contributed by atoms with Crippen molar-refractivity contribution in [2.45, 2.75) is 54.4 Å². The largest absolute Gasteiger partial charge is 0.319 e. The molecule has 1 heteroatoms. The molecule has 0 aromatic rings. The Balaban J connectivity index is 4.04. The number of hydrogen-bond acceptors (Lipinski definition) is 1. The first-order chi connectivity index (χ1) is 6.21. The molecule has 86 valence electrons. The van der Waals surface area contributed by atoms with Crippen molar-refractivity contribution in [3.8, 4) is 0 Å². The summed E-state index contributed by atoms with van der Waals surface area (Å²) in [6.45, 7) is 15.2. The van der Waals surface area contributed by atoms with Crippen LogP contribution in [0.1, 0.15) is 54.4 Å². The van der Waals surface area contributed by atoms with Gasteiger partial charge in [0.05, 0.1) is 0 Å². The van der Waals surface area contributed by atoms with E-state index in [1.54, 1.807) is 0 Å². The average Bonchev–Trinajstić information content (AvgIpc) is 2.01. The van der Waals surface area contributed by atoms with Crippen LogP contribution in [-0.2, 0) is 0 Å². The van der Waals surface area contributed by atoms with Crippen molar-refractivity contribution >= 4 is 0 Å². The molecule has 1 nitrogen and oxygen atoms in total. The van der Waals surface area contributed by atoms with Gasteiger partial charge in [-0.3, -0.25) is 0 Å². The highest BCUT2D eigenvalue weighted by Gasteiger charge is 2.26. The summed E-state index contributed by atoms with van der Waals surface area (Å²) in [6, 6.07) is 0. The molecule has 0 aliphatic rings. The molecule has 0 spiro atoms. The molecule has 0 unspecified atom stereocenters. The van der Waals surface area contributed by atoms with E-state index in [-0.39, 0.29) is 0 Å². The van der Waals surface area contributed by atoms with E-state index >= 15 is 0 Å². The van der Waals surface area contributed by atoms with Crippen LogP contribution < -0.4 is 5.32 Å². The third-order valence-electron chi connectivity index (χ3n) is 3.66. The summed E-state index contributed by atoms with van der Waals surface area (Å²) in [6.07, 6.45) is 2.62. The highest BCUT2D eigenvalue weighted by Crippen LogP contribution is 2.35. The fourth-order valence-electron chi connectivity index (χ4n) is 1.52. The molecule has 0 bridgehead atoms. The molecule has 0 heterocycles. The van der Waals surface area contributed by atoms with Gasteiger partial charge < -0.3 is 5.32 Å². The fourth-order valence-corrected chi connectivity index (χ4v) is 1.52. The first kappa shape index (κ1) is 14.0. The second-order valence-corrected chi connectivity index (χ2v) is 6.34. The zero-order valence-corrected chi connectivity index (χ0v) is 11.2. The van der Waals surface area contributed by atoms with Crippen LogP contribution in [0.25, 0.3) is 0 Å². The van der Waals surface area contributed by atoms with Gasteiger partial charge in [-0.1, -0.05) is 41.5 Å². The molecule has 0 fully saturated rings. The van der Waals surface area contributed by atoms with Gasteiger partial charge in [0.25, 0.3) is 0 Å². The van der Waals surface area contributed by atoms with Crippen molar-refractivity contribution in [2.75, 3.05) is 13.6 Å². The standard InChI is InChI=1S/C13H29N/c1-11(2)13(5,6)9-8-12(3,4)10-14-7/h11,14H,8-10H2,1-7H3. The molecule has 0 saturated carbocycles. The quantitative estimate of drug-likeness (QED) is 0.688. The van der Waals surface area contributed by atoms with Gasteiger partial charge in [0.1, 0.15) is 0 Å². The first-order valence-electron chi connectivity index (χ1n) is 5.86. The second kappa shape index (κ2) is 5.16. The number of rotatable bonds is 6. The smallest absolute Gasteiger partial charge is 0.0000484 e. The summed E-state index contributed by atoms with van der Waals surface area (Å²) in [4.78, 5) is 0. The molecule has 14 heavy (non-hydrogen) atoms. The van der Waals surface area contributed by atoms with E-state index in [2.05, 4.69) is 46.9 Å². The SMILES string of the molecule is CNCC(C)(C)CCC(C)(C)C(C)C. The van der Waals surface area contributed by atoms with E-state index in [1.807, 2.05) is 7.05 Å². The summed E-state index contributed by atoms with van der Waals surface area (Å²) in [7, 11) is 2.04. The third-order valence-corrected chi connectivity index (χ3v) is 3.66. The number of nitrogens with one attached hydrogen (secondary N) is 1. The van der Waals surface area contributed by atoms with Crippen LogP contribution in [0, 0.1) is 16.7 Å². The molecule has 0 aromatic carbocycles. The topological polar surface area (TPSA) is 12.0 Å². The van der Waals surface area contributed by atoms with Crippen LogP contribution in [0.2, 0.25) is 0 Å².